The summed E-state index contributed by atoms with van der Waals surface area (Å²) < 4.78 is 25.1. The van der Waals surface area contributed by atoms with E-state index in [-0.39, 0.29) is 17.9 Å². The number of hydrogen-bond acceptors (Lipinski definition) is 4. The zero-order valence-electron chi connectivity index (χ0n) is 15.9. The summed E-state index contributed by atoms with van der Waals surface area (Å²) in [4.78, 5) is 6.56. The van der Waals surface area contributed by atoms with Gasteiger partial charge < -0.3 is 19.1 Å². The maximum absolute atomic E-state index is 13.3. The summed E-state index contributed by atoms with van der Waals surface area (Å²) in [6, 6.07) is 19.2. The number of nitrogens with one attached hydrogen (secondary N) is 1. The molecule has 0 bridgehead atoms. The second-order valence-corrected chi connectivity index (χ2v) is 7.43. The van der Waals surface area contributed by atoms with Crippen LogP contribution >= 0.6 is 12.2 Å². The van der Waals surface area contributed by atoms with Gasteiger partial charge in [0.25, 0.3) is 0 Å². The first-order chi connectivity index (χ1) is 14.7. The Bertz CT molecular complexity index is 1140. The van der Waals surface area contributed by atoms with Crippen LogP contribution in [0.1, 0.15) is 29.3 Å². The molecule has 3 aromatic heterocycles. The normalized spacial score (nSPS) is 18.6. The number of aromatic nitrogens is 1. The first-order valence-corrected chi connectivity index (χ1v) is 9.96. The predicted molar refractivity (Wildman–Crippen MR) is 114 cm³/mol. The third-order valence-electron chi connectivity index (χ3n) is 5.15. The molecule has 1 saturated heterocycles. The molecule has 7 heteroatoms. The third-order valence-corrected chi connectivity index (χ3v) is 5.50. The second kappa shape index (κ2) is 7.76. The maximum atomic E-state index is 13.3. The number of furan rings is 2. The van der Waals surface area contributed by atoms with E-state index in [1.54, 1.807) is 24.6 Å². The van der Waals surface area contributed by atoms with Gasteiger partial charge in [-0.1, -0.05) is 6.07 Å². The van der Waals surface area contributed by atoms with Gasteiger partial charge in [0.1, 0.15) is 29.1 Å². The van der Waals surface area contributed by atoms with E-state index >= 15 is 0 Å². The van der Waals surface area contributed by atoms with E-state index in [0.29, 0.717) is 17.4 Å². The van der Waals surface area contributed by atoms with E-state index in [0.717, 1.165) is 22.8 Å². The molecular formula is C23H18FN3O2S. The Labute approximate surface area is 178 Å². The number of benzene rings is 1. The Hall–Kier alpha value is -3.45. The van der Waals surface area contributed by atoms with Crippen molar-refractivity contribution in [1.29, 1.82) is 0 Å². The van der Waals surface area contributed by atoms with Crippen molar-refractivity contribution < 1.29 is 13.2 Å². The molecule has 1 aliphatic rings. The van der Waals surface area contributed by atoms with Gasteiger partial charge in [0, 0.05) is 11.8 Å². The lowest BCUT2D eigenvalue weighted by Crippen LogP contribution is -2.28. The van der Waals surface area contributed by atoms with Crippen molar-refractivity contribution in [3.8, 4) is 11.3 Å². The maximum Gasteiger partial charge on any atom is 0.170 e. The largest absolute Gasteiger partial charge is 0.467 e. The Kier molecular flexibility index (Phi) is 4.80. The van der Waals surface area contributed by atoms with Gasteiger partial charge in [-0.05, 0) is 72.9 Å². The van der Waals surface area contributed by atoms with Crippen LogP contribution in [-0.4, -0.2) is 15.0 Å². The molecule has 0 spiro atoms. The molecule has 0 radical (unpaired) electrons. The summed E-state index contributed by atoms with van der Waals surface area (Å²) >= 11 is 5.64. The lowest BCUT2D eigenvalue weighted by molar-refractivity contribution is 0.253. The van der Waals surface area contributed by atoms with E-state index in [1.807, 2.05) is 47.4 Å². The number of thiocarbonyl (C=S) groups is 1. The van der Waals surface area contributed by atoms with Crippen LogP contribution in [0.3, 0.4) is 0 Å². The van der Waals surface area contributed by atoms with Crippen molar-refractivity contribution in [3.63, 3.8) is 0 Å². The van der Waals surface area contributed by atoms with Crippen molar-refractivity contribution in [3.05, 3.63) is 102 Å². The average Bonchev–Trinajstić information content (AvgIpc) is 3.51. The highest BCUT2D eigenvalue weighted by atomic mass is 32.1. The van der Waals surface area contributed by atoms with Crippen molar-refractivity contribution in [2.45, 2.75) is 18.6 Å². The molecule has 1 fully saturated rings. The van der Waals surface area contributed by atoms with E-state index < -0.39 is 0 Å². The molecule has 1 aromatic carbocycles. The molecule has 0 amide bonds. The van der Waals surface area contributed by atoms with Crippen LogP contribution in [0.2, 0.25) is 0 Å². The third kappa shape index (κ3) is 3.48. The Balaban J connectivity index is 1.53. The molecule has 1 aliphatic heterocycles. The van der Waals surface area contributed by atoms with Crippen LogP contribution in [0, 0.1) is 5.82 Å². The summed E-state index contributed by atoms with van der Waals surface area (Å²) in [5, 5.41) is 3.98. The highest BCUT2D eigenvalue weighted by Gasteiger charge is 2.42. The van der Waals surface area contributed by atoms with Crippen LogP contribution in [0.25, 0.3) is 11.3 Å². The van der Waals surface area contributed by atoms with Crippen molar-refractivity contribution in [2.24, 2.45) is 0 Å². The lowest BCUT2D eigenvalue weighted by atomic mass is 10.0. The molecule has 150 valence electrons. The van der Waals surface area contributed by atoms with Crippen molar-refractivity contribution >= 4 is 17.3 Å². The van der Waals surface area contributed by atoms with E-state index in [1.165, 1.54) is 12.1 Å². The van der Waals surface area contributed by atoms with E-state index in [9.17, 15) is 4.39 Å². The zero-order chi connectivity index (χ0) is 20.5. The molecule has 30 heavy (non-hydrogen) atoms. The summed E-state index contributed by atoms with van der Waals surface area (Å²) in [5.41, 5.74) is 1.68. The van der Waals surface area contributed by atoms with Crippen LogP contribution in [0.15, 0.2) is 88.0 Å². The fourth-order valence-corrected chi connectivity index (χ4v) is 4.04. The first kappa shape index (κ1) is 18.6. The van der Waals surface area contributed by atoms with Gasteiger partial charge in [-0.2, -0.15) is 0 Å². The van der Waals surface area contributed by atoms with E-state index in [2.05, 4.69) is 10.3 Å². The van der Waals surface area contributed by atoms with Gasteiger partial charge in [0.15, 0.2) is 5.11 Å². The number of halogens is 1. The summed E-state index contributed by atoms with van der Waals surface area (Å²) in [6.07, 6.45) is 3.41. The highest BCUT2D eigenvalue weighted by Crippen LogP contribution is 2.41. The SMILES string of the molecule is Fc1ccc(-c2ccc([C@@H]3[C@H](c4ccccn4)NC(=S)N3Cc3ccco3)o2)cc1. The number of hydrogen-bond donors (Lipinski definition) is 1. The van der Waals surface area contributed by atoms with Crippen LogP contribution in [-0.2, 0) is 6.54 Å². The first-order valence-electron chi connectivity index (χ1n) is 9.55. The molecule has 4 heterocycles. The highest BCUT2D eigenvalue weighted by molar-refractivity contribution is 7.80. The number of pyridine rings is 1. The Morgan fingerprint density at radius 2 is 1.90 bits per heavy atom. The molecule has 0 aliphatic carbocycles. The average molecular weight is 419 g/mol. The smallest absolute Gasteiger partial charge is 0.170 e. The number of nitrogens with zero attached hydrogens (tertiary/aromatic N) is 2. The minimum absolute atomic E-state index is 0.180. The predicted octanol–water partition coefficient (Wildman–Crippen LogP) is 5.25. The Morgan fingerprint density at radius 3 is 2.63 bits per heavy atom. The zero-order valence-corrected chi connectivity index (χ0v) is 16.7. The summed E-state index contributed by atoms with van der Waals surface area (Å²) in [7, 11) is 0. The molecule has 0 saturated carbocycles. The van der Waals surface area contributed by atoms with Gasteiger partial charge in [-0.15, -0.1) is 0 Å². The van der Waals surface area contributed by atoms with Gasteiger partial charge in [-0.3, -0.25) is 4.98 Å². The fourth-order valence-electron chi connectivity index (χ4n) is 3.74. The minimum atomic E-state index is -0.282. The van der Waals surface area contributed by atoms with Crippen LogP contribution < -0.4 is 5.32 Å². The van der Waals surface area contributed by atoms with E-state index in [4.69, 9.17) is 21.1 Å². The molecule has 4 aromatic rings. The van der Waals surface area contributed by atoms with Crippen molar-refractivity contribution in [1.82, 2.24) is 15.2 Å². The Morgan fingerprint density at radius 1 is 1.03 bits per heavy atom. The van der Waals surface area contributed by atoms with Gasteiger partial charge in [0.05, 0.1) is 24.5 Å². The van der Waals surface area contributed by atoms with Crippen molar-refractivity contribution in [2.75, 3.05) is 0 Å². The fraction of sp³-hybridized carbons (Fsp3) is 0.130. The standard InChI is InChI=1S/C23H18FN3O2S/c24-16-8-6-15(7-9-16)19-10-11-20(29-19)22-21(18-5-1-2-12-25-18)26-23(30)27(22)14-17-4-3-13-28-17/h1-13,21-22H,14H2,(H,26,30)/t21-,22+/m0/s1. The quantitative estimate of drug-likeness (QED) is 0.446. The molecular weight excluding hydrogens is 401 g/mol. The molecule has 5 nitrogen and oxygen atoms in total. The second-order valence-electron chi connectivity index (χ2n) is 7.04. The molecule has 0 unspecified atom stereocenters. The minimum Gasteiger partial charge on any atom is -0.467 e. The van der Waals surface area contributed by atoms with Gasteiger partial charge in [0.2, 0.25) is 0 Å². The molecule has 1 N–H and O–H groups in total. The molecule has 2 atom stereocenters. The molecule has 5 rings (SSSR count). The summed E-state index contributed by atoms with van der Waals surface area (Å²) in [5.74, 6) is 1.93. The summed E-state index contributed by atoms with van der Waals surface area (Å²) in [6.45, 7) is 0.499. The monoisotopic (exact) mass is 419 g/mol. The van der Waals surface area contributed by atoms with Crippen LogP contribution in [0.5, 0.6) is 0 Å². The topological polar surface area (TPSA) is 54.4 Å². The van der Waals surface area contributed by atoms with Crippen LogP contribution in [0.4, 0.5) is 4.39 Å². The lowest BCUT2D eigenvalue weighted by Gasteiger charge is -2.25. The van der Waals surface area contributed by atoms with Gasteiger partial charge >= 0.3 is 0 Å². The van der Waals surface area contributed by atoms with Gasteiger partial charge in [-0.25, -0.2) is 4.39 Å². The number of rotatable bonds is 5.